The van der Waals surface area contributed by atoms with E-state index >= 15 is 4.39 Å². The van der Waals surface area contributed by atoms with Crippen LogP contribution in [-0.2, 0) is 10.3 Å². The molecule has 2 amide bonds. The molecule has 1 aliphatic rings. The summed E-state index contributed by atoms with van der Waals surface area (Å²) in [5.41, 5.74) is 5.87. The molecular formula is C19H21FN6O3. The quantitative estimate of drug-likeness (QED) is 0.531. The van der Waals surface area contributed by atoms with Crippen molar-refractivity contribution in [3.63, 3.8) is 0 Å². The third kappa shape index (κ3) is 3.64. The van der Waals surface area contributed by atoms with E-state index in [9.17, 15) is 9.90 Å². The predicted octanol–water partition coefficient (Wildman–Crippen LogP) is 2.73. The fourth-order valence-electron chi connectivity index (χ4n) is 3.43. The molecule has 0 bridgehead atoms. The molecule has 9 nitrogen and oxygen atoms in total. The number of aromatic amines is 1. The molecule has 0 radical (unpaired) electrons. The van der Waals surface area contributed by atoms with E-state index in [2.05, 4.69) is 25.3 Å². The highest BCUT2D eigenvalue weighted by atomic mass is 19.1. The number of benzene rings is 1. The Morgan fingerprint density at radius 1 is 1.41 bits per heavy atom. The molecule has 152 valence electrons. The second-order valence-electron chi connectivity index (χ2n) is 7.48. The van der Waals surface area contributed by atoms with Gasteiger partial charge in [-0.15, -0.1) is 0 Å². The second-order valence-corrected chi connectivity index (χ2v) is 7.48. The standard InChI is InChI=1S/C19H21FN6O3/c1-19(2,28)16-22-7-9(8-23-16)10-6-11-15(25-18(24-11)26-17(21)27)13(14(10)20)12-4-3-5-29-12/h6-8,12,28H,3-5H2,1-2H3,(H4,21,24,25,26,27). The highest BCUT2D eigenvalue weighted by molar-refractivity contribution is 5.91. The van der Waals surface area contributed by atoms with E-state index in [1.165, 1.54) is 12.4 Å². The van der Waals surface area contributed by atoms with Crippen molar-refractivity contribution in [2.24, 2.45) is 5.73 Å². The number of fused-ring (bicyclic) bond motifs is 1. The lowest BCUT2D eigenvalue weighted by atomic mass is 9.98. The van der Waals surface area contributed by atoms with Crippen LogP contribution in [0.1, 0.15) is 44.2 Å². The second kappa shape index (κ2) is 7.05. The molecule has 1 unspecified atom stereocenters. The largest absolute Gasteiger partial charge is 0.382 e. The number of imidazole rings is 1. The van der Waals surface area contributed by atoms with Crippen LogP contribution in [0.15, 0.2) is 18.5 Å². The number of ether oxygens (including phenoxy) is 1. The highest BCUT2D eigenvalue weighted by Gasteiger charge is 2.28. The van der Waals surface area contributed by atoms with Gasteiger partial charge in [-0.1, -0.05) is 0 Å². The van der Waals surface area contributed by atoms with Gasteiger partial charge in [-0.2, -0.15) is 0 Å². The minimum atomic E-state index is -1.21. The van der Waals surface area contributed by atoms with Gasteiger partial charge >= 0.3 is 6.03 Å². The number of halogens is 1. The zero-order valence-corrected chi connectivity index (χ0v) is 16.0. The van der Waals surface area contributed by atoms with E-state index in [0.29, 0.717) is 35.2 Å². The van der Waals surface area contributed by atoms with E-state index in [1.807, 2.05) is 0 Å². The topological polar surface area (TPSA) is 139 Å². The fourth-order valence-corrected chi connectivity index (χ4v) is 3.43. The summed E-state index contributed by atoms with van der Waals surface area (Å²) in [6, 6.07) is 0.771. The van der Waals surface area contributed by atoms with E-state index in [1.54, 1.807) is 19.9 Å². The molecule has 1 atom stereocenters. The van der Waals surface area contributed by atoms with Crippen molar-refractivity contribution in [2.45, 2.75) is 38.4 Å². The summed E-state index contributed by atoms with van der Waals surface area (Å²) in [6.45, 7) is 3.68. The van der Waals surface area contributed by atoms with Crippen LogP contribution < -0.4 is 11.1 Å². The van der Waals surface area contributed by atoms with Crippen molar-refractivity contribution in [3.8, 4) is 11.1 Å². The van der Waals surface area contributed by atoms with Crippen LogP contribution in [-0.4, -0.2) is 37.7 Å². The number of H-pyrrole nitrogens is 1. The number of carbonyl (C=O) groups is 1. The number of aliphatic hydroxyl groups is 1. The van der Waals surface area contributed by atoms with E-state index in [-0.39, 0.29) is 17.3 Å². The molecule has 10 heteroatoms. The van der Waals surface area contributed by atoms with Gasteiger partial charge < -0.3 is 20.6 Å². The number of nitrogens with two attached hydrogens (primary N) is 1. The maximum atomic E-state index is 15.6. The van der Waals surface area contributed by atoms with Crippen LogP contribution in [0, 0.1) is 5.82 Å². The van der Waals surface area contributed by atoms with Crippen LogP contribution in [0.2, 0.25) is 0 Å². The molecule has 3 aromatic rings. The van der Waals surface area contributed by atoms with Crippen molar-refractivity contribution in [3.05, 3.63) is 35.7 Å². The molecule has 3 heterocycles. The van der Waals surface area contributed by atoms with Gasteiger partial charge in [0.1, 0.15) is 11.4 Å². The Bertz CT molecular complexity index is 1070. The summed E-state index contributed by atoms with van der Waals surface area (Å²) in [6.07, 6.45) is 3.97. The zero-order valence-electron chi connectivity index (χ0n) is 16.0. The number of nitrogens with one attached hydrogen (secondary N) is 2. The van der Waals surface area contributed by atoms with E-state index in [0.717, 1.165) is 6.42 Å². The maximum Gasteiger partial charge on any atom is 0.318 e. The monoisotopic (exact) mass is 400 g/mol. The lowest BCUT2D eigenvalue weighted by molar-refractivity contribution is 0.0687. The Hall–Kier alpha value is -3.11. The van der Waals surface area contributed by atoms with Gasteiger partial charge in [0, 0.05) is 35.7 Å². The van der Waals surface area contributed by atoms with Crippen LogP contribution in [0.25, 0.3) is 22.2 Å². The Morgan fingerprint density at radius 2 is 2.14 bits per heavy atom. The molecule has 1 fully saturated rings. The van der Waals surface area contributed by atoms with Crippen molar-refractivity contribution < 1.29 is 19.0 Å². The van der Waals surface area contributed by atoms with Gasteiger partial charge in [-0.3, -0.25) is 5.32 Å². The van der Waals surface area contributed by atoms with Gasteiger partial charge in [0.05, 0.1) is 17.1 Å². The Balaban J connectivity index is 1.87. The van der Waals surface area contributed by atoms with Gasteiger partial charge in [-0.05, 0) is 32.8 Å². The number of hydrogen-bond donors (Lipinski definition) is 4. The summed E-state index contributed by atoms with van der Waals surface area (Å²) < 4.78 is 21.3. The molecule has 0 aliphatic carbocycles. The highest BCUT2D eigenvalue weighted by Crippen LogP contribution is 2.39. The molecule has 1 aliphatic heterocycles. The Morgan fingerprint density at radius 3 is 2.72 bits per heavy atom. The minimum absolute atomic E-state index is 0.122. The summed E-state index contributed by atoms with van der Waals surface area (Å²) in [5, 5.41) is 12.4. The Kier molecular flexibility index (Phi) is 4.67. The lowest BCUT2D eigenvalue weighted by Crippen LogP contribution is -2.19. The molecule has 0 saturated carbocycles. The molecule has 0 spiro atoms. The molecule has 1 aromatic carbocycles. The van der Waals surface area contributed by atoms with E-state index < -0.39 is 23.6 Å². The molecule has 5 N–H and O–H groups in total. The lowest BCUT2D eigenvalue weighted by Gasteiger charge is -2.17. The van der Waals surface area contributed by atoms with Gasteiger partial charge in [0.2, 0.25) is 5.95 Å². The number of carbonyl (C=O) groups excluding carboxylic acids is 1. The van der Waals surface area contributed by atoms with Crippen molar-refractivity contribution in [1.29, 1.82) is 0 Å². The zero-order chi connectivity index (χ0) is 20.8. The van der Waals surface area contributed by atoms with Gasteiger partial charge in [0.15, 0.2) is 5.82 Å². The SMILES string of the molecule is CC(C)(O)c1ncc(-c2cc3nc(NC(N)=O)[nH]c3c(C3CCCO3)c2F)cn1. The first-order valence-electron chi connectivity index (χ1n) is 9.19. The molecular weight excluding hydrogens is 379 g/mol. The van der Waals surface area contributed by atoms with Gasteiger partial charge in [-0.25, -0.2) is 24.1 Å². The van der Waals surface area contributed by atoms with Crippen LogP contribution in [0.4, 0.5) is 15.1 Å². The molecule has 1 saturated heterocycles. The summed E-state index contributed by atoms with van der Waals surface area (Å²) >= 11 is 0. The van der Waals surface area contributed by atoms with Crippen LogP contribution >= 0.6 is 0 Å². The number of anilines is 1. The summed E-state index contributed by atoms with van der Waals surface area (Å²) in [5.74, 6) is -0.120. The predicted molar refractivity (Wildman–Crippen MR) is 103 cm³/mol. The van der Waals surface area contributed by atoms with Gasteiger partial charge in [0.25, 0.3) is 0 Å². The summed E-state index contributed by atoms with van der Waals surface area (Å²) in [7, 11) is 0. The third-order valence-electron chi connectivity index (χ3n) is 4.76. The number of primary amides is 1. The third-order valence-corrected chi connectivity index (χ3v) is 4.76. The first-order chi connectivity index (χ1) is 13.7. The fraction of sp³-hybridized carbons (Fsp3) is 0.368. The average molecular weight is 400 g/mol. The number of aromatic nitrogens is 4. The van der Waals surface area contributed by atoms with E-state index in [4.69, 9.17) is 10.5 Å². The smallest absolute Gasteiger partial charge is 0.318 e. The number of nitrogens with zero attached hydrogens (tertiary/aromatic N) is 3. The number of hydrogen-bond acceptors (Lipinski definition) is 6. The number of urea groups is 1. The average Bonchev–Trinajstić information content (AvgIpc) is 3.29. The Labute approximate surface area is 165 Å². The summed E-state index contributed by atoms with van der Waals surface area (Å²) in [4.78, 5) is 26.7. The first kappa shape index (κ1) is 19.2. The molecule has 29 heavy (non-hydrogen) atoms. The van der Waals surface area contributed by atoms with Crippen molar-refractivity contribution in [1.82, 2.24) is 19.9 Å². The number of rotatable bonds is 4. The van der Waals surface area contributed by atoms with Crippen LogP contribution in [0.5, 0.6) is 0 Å². The van der Waals surface area contributed by atoms with Crippen LogP contribution in [0.3, 0.4) is 0 Å². The van der Waals surface area contributed by atoms with Crippen molar-refractivity contribution >= 4 is 23.0 Å². The minimum Gasteiger partial charge on any atom is -0.382 e. The molecule has 4 rings (SSSR count). The molecule has 2 aromatic heterocycles. The number of amides is 2. The normalized spacial score (nSPS) is 17.0. The first-order valence-corrected chi connectivity index (χ1v) is 9.19. The van der Waals surface area contributed by atoms with Crippen molar-refractivity contribution in [2.75, 3.05) is 11.9 Å². The maximum absolute atomic E-state index is 15.6.